The first-order chi connectivity index (χ1) is 16.5. The number of halogens is 3. The number of aliphatic imine (C=N–C) groups is 1. The van der Waals surface area contributed by atoms with E-state index in [2.05, 4.69) is 20.4 Å². The predicted molar refractivity (Wildman–Crippen MR) is 116 cm³/mol. The van der Waals surface area contributed by atoms with Gasteiger partial charge in [-0.15, -0.1) is 13.2 Å². The van der Waals surface area contributed by atoms with Crippen LogP contribution in [-0.2, 0) is 25.6 Å². The van der Waals surface area contributed by atoms with Gasteiger partial charge in [-0.1, -0.05) is 24.3 Å². The van der Waals surface area contributed by atoms with Crippen molar-refractivity contribution >= 4 is 29.5 Å². The minimum atomic E-state index is -4.81. The zero-order valence-electron chi connectivity index (χ0n) is 18.5. The maximum atomic E-state index is 13.4. The summed E-state index contributed by atoms with van der Waals surface area (Å²) >= 11 is 0. The number of alkyl halides is 3. The highest BCUT2D eigenvalue weighted by Gasteiger charge is 2.45. The molecule has 1 aliphatic carbocycles. The summed E-state index contributed by atoms with van der Waals surface area (Å²) in [6.07, 6.45) is 0.220. The van der Waals surface area contributed by atoms with Gasteiger partial charge in [0.05, 0.1) is 12.5 Å². The van der Waals surface area contributed by atoms with Crippen molar-refractivity contribution in [3.05, 3.63) is 53.8 Å². The normalized spacial score (nSPS) is 24.3. The van der Waals surface area contributed by atoms with Gasteiger partial charge in [-0.3, -0.25) is 34.4 Å². The number of rotatable bonds is 5. The number of piperidine rings is 1. The third-order valence-corrected chi connectivity index (χ3v) is 5.78. The molecule has 3 aliphatic rings. The first-order valence-corrected chi connectivity index (χ1v) is 10.8. The highest BCUT2D eigenvalue weighted by molar-refractivity contribution is 6.09. The predicted octanol–water partition coefficient (Wildman–Crippen LogP) is 1.75. The van der Waals surface area contributed by atoms with Crippen molar-refractivity contribution in [3.63, 3.8) is 0 Å². The average molecular weight is 490 g/mol. The van der Waals surface area contributed by atoms with E-state index in [9.17, 15) is 32.3 Å². The number of carbonyl (C=O) groups excluding carboxylic acids is 4. The fourth-order valence-electron chi connectivity index (χ4n) is 4.28. The van der Waals surface area contributed by atoms with Crippen LogP contribution in [0.1, 0.15) is 25.3 Å². The monoisotopic (exact) mass is 490 g/mol. The highest BCUT2D eigenvalue weighted by Crippen LogP contribution is 2.31. The van der Waals surface area contributed by atoms with E-state index in [1.807, 2.05) is 0 Å². The molecule has 0 radical (unpaired) electrons. The number of imide groups is 1. The van der Waals surface area contributed by atoms with Crippen molar-refractivity contribution in [3.8, 4) is 5.75 Å². The van der Waals surface area contributed by atoms with E-state index in [4.69, 9.17) is 0 Å². The van der Waals surface area contributed by atoms with Crippen LogP contribution >= 0.6 is 0 Å². The molecule has 2 heterocycles. The van der Waals surface area contributed by atoms with Gasteiger partial charge in [0.25, 0.3) is 0 Å². The molecule has 184 valence electrons. The smallest absolute Gasteiger partial charge is 0.406 e. The molecule has 9 nitrogen and oxygen atoms in total. The molecule has 4 rings (SSSR count). The van der Waals surface area contributed by atoms with Crippen LogP contribution in [0.5, 0.6) is 5.75 Å². The van der Waals surface area contributed by atoms with Gasteiger partial charge in [0, 0.05) is 12.1 Å². The number of allylic oxidation sites excluding steroid dienone is 2. The Morgan fingerprint density at radius 2 is 1.94 bits per heavy atom. The minimum Gasteiger partial charge on any atom is -0.406 e. The standard InChI is InChI=1S/C23H21F3N4O5/c1-12-27-15-3-2-4-16(20(15)22(34)30(12)17-9-10-18(31)29-21(17)33)28-19(32)11-13-5-7-14(8-6-13)35-23(24,25)26/h2-8,15,17,20H,9-11H2,1H3,(H,28,32)(H,29,31,33). The summed E-state index contributed by atoms with van der Waals surface area (Å²) in [6.45, 7) is 1.61. The number of amidine groups is 1. The molecule has 3 atom stereocenters. The summed E-state index contributed by atoms with van der Waals surface area (Å²) in [5.41, 5.74) is 0.729. The number of fused-ring (bicyclic) bond motifs is 1. The summed E-state index contributed by atoms with van der Waals surface area (Å²) in [6, 6.07) is 3.42. The Morgan fingerprint density at radius 1 is 1.23 bits per heavy atom. The van der Waals surface area contributed by atoms with Gasteiger partial charge in [0.1, 0.15) is 23.5 Å². The number of ether oxygens (including phenoxy) is 1. The van der Waals surface area contributed by atoms with Crippen LogP contribution in [0.15, 0.2) is 53.2 Å². The van der Waals surface area contributed by atoms with Gasteiger partial charge < -0.3 is 10.1 Å². The van der Waals surface area contributed by atoms with Gasteiger partial charge >= 0.3 is 6.36 Å². The van der Waals surface area contributed by atoms with Gasteiger partial charge in [-0.05, 0) is 37.1 Å². The van der Waals surface area contributed by atoms with Crippen LogP contribution < -0.4 is 15.4 Å². The third kappa shape index (κ3) is 5.42. The van der Waals surface area contributed by atoms with E-state index in [1.165, 1.54) is 17.0 Å². The van der Waals surface area contributed by atoms with Gasteiger partial charge in [0.15, 0.2) is 0 Å². The Hall–Kier alpha value is -3.96. The van der Waals surface area contributed by atoms with Gasteiger partial charge in [0.2, 0.25) is 23.6 Å². The minimum absolute atomic E-state index is 0.0910. The van der Waals surface area contributed by atoms with E-state index in [1.54, 1.807) is 25.2 Å². The van der Waals surface area contributed by atoms with Crippen molar-refractivity contribution in [2.75, 3.05) is 0 Å². The molecule has 1 saturated heterocycles. The fraction of sp³-hybridized carbons (Fsp3) is 0.348. The molecule has 4 amide bonds. The molecule has 12 heteroatoms. The fourth-order valence-corrected chi connectivity index (χ4v) is 4.28. The lowest BCUT2D eigenvalue weighted by Gasteiger charge is -2.40. The van der Waals surface area contributed by atoms with Crippen molar-refractivity contribution < 1.29 is 37.1 Å². The molecule has 2 aliphatic heterocycles. The first-order valence-electron chi connectivity index (χ1n) is 10.8. The number of nitrogens with one attached hydrogen (secondary N) is 2. The van der Waals surface area contributed by atoms with Crippen LogP contribution in [0.2, 0.25) is 0 Å². The Balaban J connectivity index is 1.46. The van der Waals surface area contributed by atoms with E-state index < -0.39 is 53.7 Å². The second kappa shape index (κ2) is 9.35. The Kier molecular flexibility index (Phi) is 6.46. The Bertz CT molecular complexity index is 1160. The summed E-state index contributed by atoms with van der Waals surface area (Å²) in [7, 11) is 0. The molecular formula is C23H21F3N4O5. The molecule has 0 spiro atoms. The maximum Gasteiger partial charge on any atom is 0.573 e. The molecule has 2 N–H and O–H groups in total. The lowest BCUT2D eigenvalue weighted by atomic mass is 9.87. The van der Waals surface area contributed by atoms with E-state index >= 15 is 0 Å². The summed E-state index contributed by atoms with van der Waals surface area (Å²) in [4.78, 5) is 55.8. The van der Waals surface area contributed by atoms with Crippen molar-refractivity contribution in [1.29, 1.82) is 0 Å². The number of hydrogen-bond acceptors (Lipinski definition) is 6. The second-order valence-corrected chi connectivity index (χ2v) is 8.24. The van der Waals surface area contributed by atoms with Gasteiger partial charge in [-0.2, -0.15) is 0 Å². The van der Waals surface area contributed by atoms with Crippen molar-refractivity contribution in [2.45, 2.75) is 44.6 Å². The molecule has 1 aromatic rings. The molecule has 1 fully saturated rings. The topological polar surface area (TPSA) is 117 Å². The zero-order chi connectivity index (χ0) is 25.3. The van der Waals surface area contributed by atoms with Crippen molar-refractivity contribution in [1.82, 2.24) is 15.5 Å². The molecule has 3 unspecified atom stereocenters. The van der Waals surface area contributed by atoms with E-state index in [0.717, 1.165) is 12.1 Å². The summed E-state index contributed by atoms with van der Waals surface area (Å²) in [5, 5.41) is 4.93. The molecule has 0 bridgehead atoms. The highest BCUT2D eigenvalue weighted by atomic mass is 19.4. The lowest BCUT2D eigenvalue weighted by Crippen LogP contribution is -2.60. The van der Waals surface area contributed by atoms with Crippen LogP contribution in [0.25, 0.3) is 0 Å². The van der Waals surface area contributed by atoms with Crippen LogP contribution in [0, 0.1) is 5.92 Å². The first kappa shape index (κ1) is 24.2. The third-order valence-electron chi connectivity index (χ3n) is 5.78. The molecule has 0 saturated carbocycles. The maximum absolute atomic E-state index is 13.4. The summed E-state index contributed by atoms with van der Waals surface area (Å²) in [5.74, 6) is -2.84. The molecule has 35 heavy (non-hydrogen) atoms. The quantitative estimate of drug-likeness (QED) is 0.610. The van der Waals surface area contributed by atoms with Crippen molar-refractivity contribution in [2.24, 2.45) is 10.9 Å². The van der Waals surface area contributed by atoms with E-state index in [-0.39, 0.29) is 25.0 Å². The largest absolute Gasteiger partial charge is 0.573 e. The lowest BCUT2D eigenvalue weighted by molar-refractivity contribution is -0.274. The van der Waals surface area contributed by atoms with Crippen LogP contribution in [-0.4, -0.2) is 52.8 Å². The van der Waals surface area contributed by atoms with Crippen LogP contribution in [0.4, 0.5) is 13.2 Å². The van der Waals surface area contributed by atoms with Gasteiger partial charge in [-0.25, -0.2) is 0 Å². The number of benzene rings is 1. The molecular weight excluding hydrogens is 469 g/mol. The van der Waals surface area contributed by atoms with Crippen LogP contribution in [0.3, 0.4) is 0 Å². The Morgan fingerprint density at radius 3 is 2.60 bits per heavy atom. The second-order valence-electron chi connectivity index (χ2n) is 8.24. The SMILES string of the molecule is CC1=NC2C=CC=C(NC(=O)Cc3ccc(OC(F)(F)F)cc3)C2C(=O)N1C1CCC(=O)NC1=O. The molecule has 1 aromatic carbocycles. The number of amides is 4. The van der Waals surface area contributed by atoms with E-state index in [0.29, 0.717) is 11.4 Å². The Labute approximate surface area is 197 Å². The molecule has 0 aromatic heterocycles. The average Bonchev–Trinajstić information content (AvgIpc) is 2.75. The summed E-state index contributed by atoms with van der Waals surface area (Å²) < 4.78 is 40.8. The number of hydrogen-bond donors (Lipinski definition) is 2. The zero-order valence-corrected chi connectivity index (χ0v) is 18.5. The number of carbonyl (C=O) groups is 4. The number of nitrogens with zero attached hydrogens (tertiary/aromatic N) is 2.